The molecule has 0 saturated heterocycles. The highest BCUT2D eigenvalue weighted by Gasteiger charge is 1.95. The van der Waals surface area contributed by atoms with E-state index < -0.39 is 0 Å². The van der Waals surface area contributed by atoms with Crippen LogP contribution in [0.15, 0.2) is 6.33 Å². The number of nitrogens with zero attached hydrogens (tertiary/aromatic N) is 3. The molecule has 2 N–H and O–H groups in total. The summed E-state index contributed by atoms with van der Waals surface area (Å²) in [7, 11) is 0. The van der Waals surface area contributed by atoms with E-state index in [0.29, 0.717) is 6.54 Å². The first-order chi connectivity index (χ1) is 6.38. The maximum atomic E-state index is 5.34. The Labute approximate surface area is 78.2 Å². The molecule has 0 spiro atoms. The highest BCUT2D eigenvalue weighted by molar-refractivity contribution is 5.19. The molecule has 0 aliphatic carbocycles. The van der Waals surface area contributed by atoms with Gasteiger partial charge in [0.05, 0.1) is 0 Å². The third kappa shape index (κ3) is 2.88. The van der Waals surface area contributed by atoms with Crippen LogP contribution in [0.3, 0.4) is 0 Å². The van der Waals surface area contributed by atoms with Gasteiger partial charge in [0.1, 0.15) is 6.33 Å². The Morgan fingerprint density at radius 3 is 3.15 bits per heavy atom. The Morgan fingerprint density at radius 2 is 2.46 bits per heavy atom. The van der Waals surface area contributed by atoms with Crippen molar-refractivity contribution in [2.24, 2.45) is 5.73 Å². The number of aryl methyl sites for hydroxylation is 1. The second-order valence-corrected chi connectivity index (χ2v) is 2.59. The summed E-state index contributed by atoms with van der Waals surface area (Å²) in [5.41, 5.74) is 5.34. The lowest BCUT2D eigenvalue weighted by Gasteiger charge is -1.93. The predicted octanol–water partition coefficient (Wildman–Crippen LogP) is 0.388. The monoisotopic (exact) mass is 178 g/mol. The smallest absolute Gasteiger partial charge is 0.203 e. The fraction of sp³-hybridized carbons (Fsp3) is 0.556. The number of hydrogen-bond acceptors (Lipinski definition) is 3. The van der Waals surface area contributed by atoms with Crippen molar-refractivity contribution in [1.82, 2.24) is 14.8 Å². The molecular weight excluding hydrogens is 164 g/mol. The number of nitrogens with two attached hydrogens (primary N) is 1. The van der Waals surface area contributed by atoms with Crippen molar-refractivity contribution in [1.29, 1.82) is 0 Å². The Morgan fingerprint density at radius 1 is 1.62 bits per heavy atom. The maximum Gasteiger partial charge on any atom is 0.203 e. The Kier molecular flexibility index (Phi) is 4.00. The number of aromatic nitrogens is 3. The van der Waals surface area contributed by atoms with Crippen LogP contribution in [0, 0.1) is 11.8 Å². The Balaban J connectivity index is 2.55. The molecule has 0 aliphatic heterocycles. The van der Waals surface area contributed by atoms with Gasteiger partial charge < -0.3 is 5.73 Å². The highest BCUT2D eigenvalue weighted by atomic mass is 15.3. The van der Waals surface area contributed by atoms with E-state index in [2.05, 4.69) is 21.9 Å². The van der Waals surface area contributed by atoms with Crippen molar-refractivity contribution in [3.05, 3.63) is 12.2 Å². The van der Waals surface area contributed by atoms with Gasteiger partial charge in [-0.25, -0.2) is 9.67 Å². The minimum absolute atomic E-state index is 0.690. The summed E-state index contributed by atoms with van der Waals surface area (Å²) in [4.78, 5) is 4.03. The molecule has 1 aromatic heterocycles. The van der Waals surface area contributed by atoms with E-state index >= 15 is 0 Å². The molecule has 0 atom stereocenters. The van der Waals surface area contributed by atoms with Crippen molar-refractivity contribution >= 4 is 0 Å². The van der Waals surface area contributed by atoms with Crippen LogP contribution >= 0.6 is 0 Å². The molecule has 1 heterocycles. The number of unbranched alkanes of at least 4 members (excludes halogenated alkanes) is 1. The summed E-state index contributed by atoms with van der Waals surface area (Å²) in [5, 5.41) is 4.01. The van der Waals surface area contributed by atoms with Crippen LogP contribution in [0.1, 0.15) is 25.6 Å². The molecule has 0 amide bonds. The van der Waals surface area contributed by atoms with Gasteiger partial charge in [0.15, 0.2) is 0 Å². The molecule has 0 aromatic carbocycles. The Hall–Kier alpha value is -1.34. The molecule has 0 fully saturated rings. The molecule has 1 rings (SSSR count). The van der Waals surface area contributed by atoms with Gasteiger partial charge in [-0.05, 0) is 25.8 Å². The number of rotatable bonds is 3. The van der Waals surface area contributed by atoms with E-state index in [0.717, 1.165) is 25.2 Å². The predicted molar refractivity (Wildman–Crippen MR) is 50.9 cm³/mol. The van der Waals surface area contributed by atoms with Gasteiger partial charge >= 0.3 is 0 Å². The summed E-state index contributed by atoms with van der Waals surface area (Å²) in [5.74, 6) is 6.71. The lowest BCUT2D eigenvalue weighted by molar-refractivity contribution is 0.649. The van der Waals surface area contributed by atoms with Gasteiger partial charge in [0.25, 0.3) is 0 Å². The van der Waals surface area contributed by atoms with E-state index in [1.54, 1.807) is 4.68 Å². The minimum atomic E-state index is 0.690. The largest absolute Gasteiger partial charge is 0.330 e. The zero-order chi connectivity index (χ0) is 9.52. The number of hydrogen-bond donors (Lipinski definition) is 1. The third-order valence-electron chi connectivity index (χ3n) is 1.62. The van der Waals surface area contributed by atoms with E-state index in [1.807, 2.05) is 6.92 Å². The minimum Gasteiger partial charge on any atom is -0.330 e. The van der Waals surface area contributed by atoms with Crippen LogP contribution in [0.5, 0.6) is 0 Å². The van der Waals surface area contributed by atoms with E-state index in [9.17, 15) is 0 Å². The van der Waals surface area contributed by atoms with Gasteiger partial charge in [-0.1, -0.05) is 5.92 Å². The van der Waals surface area contributed by atoms with Gasteiger partial charge in [0, 0.05) is 13.0 Å². The van der Waals surface area contributed by atoms with Gasteiger partial charge in [0.2, 0.25) is 5.82 Å². The first-order valence-electron chi connectivity index (χ1n) is 4.45. The van der Waals surface area contributed by atoms with Crippen LogP contribution in [-0.2, 0) is 6.54 Å². The van der Waals surface area contributed by atoms with Crippen LogP contribution < -0.4 is 5.73 Å². The average Bonchev–Trinajstić information content (AvgIpc) is 2.60. The molecule has 0 saturated carbocycles. The van der Waals surface area contributed by atoms with Gasteiger partial charge in [-0.15, -0.1) is 0 Å². The molecule has 0 bridgehead atoms. The quantitative estimate of drug-likeness (QED) is 0.538. The van der Waals surface area contributed by atoms with Crippen molar-refractivity contribution in [2.75, 3.05) is 6.54 Å². The SMILES string of the molecule is CCn1ncnc1C#CCCCN. The summed E-state index contributed by atoms with van der Waals surface area (Å²) >= 11 is 0. The van der Waals surface area contributed by atoms with Gasteiger partial charge in [-0.2, -0.15) is 5.10 Å². The molecule has 4 nitrogen and oxygen atoms in total. The second kappa shape index (κ2) is 5.33. The third-order valence-corrected chi connectivity index (χ3v) is 1.62. The van der Waals surface area contributed by atoms with Crippen LogP contribution in [0.4, 0.5) is 0 Å². The topological polar surface area (TPSA) is 56.7 Å². The van der Waals surface area contributed by atoms with E-state index in [-0.39, 0.29) is 0 Å². The molecule has 0 unspecified atom stereocenters. The van der Waals surface area contributed by atoms with Crippen molar-refractivity contribution < 1.29 is 0 Å². The zero-order valence-electron chi connectivity index (χ0n) is 7.82. The normalized spacial score (nSPS) is 9.38. The molecular formula is C9H14N4. The fourth-order valence-electron chi connectivity index (χ4n) is 0.924. The summed E-state index contributed by atoms with van der Waals surface area (Å²) in [6.45, 7) is 3.51. The summed E-state index contributed by atoms with van der Waals surface area (Å²) in [6, 6.07) is 0. The molecule has 0 radical (unpaired) electrons. The summed E-state index contributed by atoms with van der Waals surface area (Å²) in [6.07, 6.45) is 3.29. The van der Waals surface area contributed by atoms with E-state index in [4.69, 9.17) is 5.73 Å². The maximum absolute atomic E-state index is 5.34. The van der Waals surface area contributed by atoms with Gasteiger partial charge in [-0.3, -0.25) is 0 Å². The fourth-order valence-corrected chi connectivity index (χ4v) is 0.924. The molecule has 1 aromatic rings. The van der Waals surface area contributed by atoms with E-state index in [1.165, 1.54) is 6.33 Å². The first-order valence-corrected chi connectivity index (χ1v) is 4.45. The first kappa shape index (κ1) is 9.75. The molecule has 0 aliphatic rings. The van der Waals surface area contributed by atoms with Crippen molar-refractivity contribution in [3.63, 3.8) is 0 Å². The second-order valence-electron chi connectivity index (χ2n) is 2.59. The molecule has 4 heteroatoms. The average molecular weight is 178 g/mol. The Bertz CT molecular complexity index is 305. The summed E-state index contributed by atoms with van der Waals surface area (Å²) < 4.78 is 1.77. The zero-order valence-corrected chi connectivity index (χ0v) is 7.82. The highest BCUT2D eigenvalue weighted by Crippen LogP contribution is 1.91. The van der Waals surface area contributed by atoms with Crippen LogP contribution in [0.2, 0.25) is 0 Å². The van der Waals surface area contributed by atoms with Crippen LogP contribution in [-0.4, -0.2) is 21.3 Å². The lowest BCUT2D eigenvalue weighted by Crippen LogP contribution is -2.00. The van der Waals surface area contributed by atoms with Crippen molar-refractivity contribution in [3.8, 4) is 11.8 Å². The molecule has 70 valence electrons. The molecule has 13 heavy (non-hydrogen) atoms. The van der Waals surface area contributed by atoms with Crippen LogP contribution in [0.25, 0.3) is 0 Å². The lowest BCUT2D eigenvalue weighted by atomic mass is 10.3. The standard InChI is InChI=1S/C9H14N4/c1-2-13-9(11-8-12-13)6-4-3-5-7-10/h8H,2-3,5,7,10H2,1H3. The van der Waals surface area contributed by atoms with Crippen molar-refractivity contribution in [2.45, 2.75) is 26.3 Å².